The van der Waals surface area contributed by atoms with Gasteiger partial charge >= 0.3 is 0 Å². The highest BCUT2D eigenvalue weighted by molar-refractivity contribution is 5.39. The minimum Gasteiger partial charge on any atom is -0.490 e. The summed E-state index contributed by atoms with van der Waals surface area (Å²) in [6.45, 7) is 4.40. The SMILES string of the molecule is CCCCCCOc1ccccc1OCCCCN. The highest BCUT2D eigenvalue weighted by atomic mass is 16.5. The Morgan fingerprint density at radius 3 is 1.95 bits per heavy atom. The van der Waals surface area contributed by atoms with Crippen LogP contribution in [0.4, 0.5) is 0 Å². The van der Waals surface area contributed by atoms with Crippen LogP contribution >= 0.6 is 0 Å². The molecule has 3 nitrogen and oxygen atoms in total. The quantitative estimate of drug-likeness (QED) is 0.619. The van der Waals surface area contributed by atoms with E-state index in [9.17, 15) is 0 Å². The topological polar surface area (TPSA) is 44.5 Å². The summed E-state index contributed by atoms with van der Waals surface area (Å²) in [4.78, 5) is 0. The summed E-state index contributed by atoms with van der Waals surface area (Å²) >= 11 is 0. The number of para-hydroxylation sites is 2. The molecule has 0 atom stereocenters. The van der Waals surface area contributed by atoms with E-state index in [1.54, 1.807) is 0 Å². The van der Waals surface area contributed by atoms with Gasteiger partial charge in [-0.1, -0.05) is 38.3 Å². The molecule has 2 N–H and O–H groups in total. The highest BCUT2D eigenvalue weighted by Crippen LogP contribution is 2.26. The molecule has 1 aromatic rings. The van der Waals surface area contributed by atoms with E-state index in [4.69, 9.17) is 15.2 Å². The maximum atomic E-state index is 5.79. The zero-order valence-electron chi connectivity index (χ0n) is 12.1. The molecule has 1 aromatic carbocycles. The van der Waals surface area contributed by atoms with Crippen molar-refractivity contribution in [2.45, 2.75) is 45.4 Å². The molecule has 0 aromatic heterocycles. The summed E-state index contributed by atoms with van der Waals surface area (Å²) in [7, 11) is 0. The van der Waals surface area contributed by atoms with Crippen LogP contribution in [-0.2, 0) is 0 Å². The van der Waals surface area contributed by atoms with Crippen LogP contribution in [0, 0.1) is 0 Å². The zero-order valence-corrected chi connectivity index (χ0v) is 12.1. The van der Waals surface area contributed by atoms with Gasteiger partial charge in [0.15, 0.2) is 11.5 Å². The fourth-order valence-corrected chi connectivity index (χ4v) is 1.83. The first-order valence-corrected chi connectivity index (χ1v) is 7.43. The molecule has 0 spiro atoms. The van der Waals surface area contributed by atoms with Crippen molar-refractivity contribution in [1.29, 1.82) is 0 Å². The Balaban J connectivity index is 2.31. The zero-order chi connectivity index (χ0) is 13.8. The van der Waals surface area contributed by atoms with Gasteiger partial charge in [0, 0.05) is 0 Å². The molecule has 0 saturated heterocycles. The molecular weight excluding hydrogens is 238 g/mol. The van der Waals surface area contributed by atoms with E-state index in [1.807, 2.05) is 24.3 Å². The second-order valence-electron chi connectivity index (χ2n) is 4.70. The predicted molar refractivity (Wildman–Crippen MR) is 79.9 cm³/mol. The van der Waals surface area contributed by atoms with Gasteiger partial charge in [0.2, 0.25) is 0 Å². The van der Waals surface area contributed by atoms with Gasteiger partial charge in [-0.3, -0.25) is 0 Å². The molecule has 0 fully saturated rings. The van der Waals surface area contributed by atoms with E-state index in [-0.39, 0.29) is 0 Å². The van der Waals surface area contributed by atoms with Gasteiger partial charge in [-0.2, -0.15) is 0 Å². The van der Waals surface area contributed by atoms with Crippen molar-refractivity contribution in [1.82, 2.24) is 0 Å². The Morgan fingerprint density at radius 1 is 0.842 bits per heavy atom. The van der Waals surface area contributed by atoms with Crippen molar-refractivity contribution in [2.24, 2.45) is 5.73 Å². The molecule has 0 heterocycles. The number of unbranched alkanes of at least 4 members (excludes halogenated alkanes) is 4. The number of ether oxygens (including phenoxy) is 2. The van der Waals surface area contributed by atoms with E-state index >= 15 is 0 Å². The van der Waals surface area contributed by atoms with Gasteiger partial charge in [0.1, 0.15) is 0 Å². The minimum atomic E-state index is 0.702. The lowest BCUT2D eigenvalue weighted by atomic mass is 10.2. The monoisotopic (exact) mass is 265 g/mol. The summed E-state index contributed by atoms with van der Waals surface area (Å²) in [6, 6.07) is 7.89. The fourth-order valence-electron chi connectivity index (χ4n) is 1.83. The molecule has 0 amide bonds. The third-order valence-electron chi connectivity index (χ3n) is 2.96. The molecule has 1 rings (SSSR count). The van der Waals surface area contributed by atoms with Crippen LogP contribution in [0.2, 0.25) is 0 Å². The lowest BCUT2D eigenvalue weighted by molar-refractivity contribution is 0.260. The average Bonchev–Trinajstić information content (AvgIpc) is 2.45. The van der Waals surface area contributed by atoms with Gasteiger partial charge in [-0.15, -0.1) is 0 Å². The molecule has 108 valence electrons. The molecule has 0 radical (unpaired) electrons. The van der Waals surface area contributed by atoms with Crippen LogP contribution in [0.15, 0.2) is 24.3 Å². The summed E-state index contributed by atoms with van der Waals surface area (Å²) < 4.78 is 11.5. The Hall–Kier alpha value is -1.22. The van der Waals surface area contributed by atoms with Crippen LogP contribution in [0.1, 0.15) is 45.4 Å². The Kier molecular flexibility index (Phi) is 8.90. The number of hydrogen-bond acceptors (Lipinski definition) is 3. The Bertz CT molecular complexity index is 328. The maximum Gasteiger partial charge on any atom is 0.161 e. The Labute approximate surface area is 117 Å². The van der Waals surface area contributed by atoms with Crippen molar-refractivity contribution >= 4 is 0 Å². The molecule has 0 aliphatic heterocycles. The van der Waals surface area contributed by atoms with Crippen LogP contribution in [-0.4, -0.2) is 19.8 Å². The van der Waals surface area contributed by atoms with Crippen molar-refractivity contribution < 1.29 is 9.47 Å². The third-order valence-corrected chi connectivity index (χ3v) is 2.96. The lowest BCUT2D eigenvalue weighted by Crippen LogP contribution is -2.05. The second kappa shape index (κ2) is 10.7. The first-order chi connectivity index (χ1) is 9.38. The van der Waals surface area contributed by atoms with E-state index in [0.29, 0.717) is 6.61 Å². The van der Waals surface area contributed by atoms with Crippen LogP contribution in [0.5, 0.6) is 11.5 Å². The van der Waals surface area contributed by atoms with E-state index in [1.165, 1.54) is 19.3 Å². The minimum absolute atomic E-state index is 0.702. The molecule has 0 unspecified atom stereocenters. The van der Waals surface area contributed by atoms with Gasteiger partial charge in [0.05, 0.1) is 13.2 Å². The summed E-state index contributed by atoms with van der Waals surface area (Å²) in [5, 5.41) is 0. The fraction of sp³-hybridized carbons (Fsp3) is 0.625. The largest absolute Gasteiger partial charge is 0.490 e. The molecular formula is C16H27NO2. The first kappa shape index (κ1) is 15.8. The summed E-state index contributed by atoms with van der Waals surface area (Å²) in [5.41, 5.74) is 5.46. The molecule has 0 saturated carbocycles. The van der Waals surface area contributed by atoms with Gasteiger partial charge in [0.25, 0.3) is 0 Å². The van der Waals surface area contributed by atoms with Crippen molar-refractivity contribution in [3.05, 3.63) is 24.3 Å². The molecule has 0 aliphatic rings. The maximum absolute atomic E-state index is 5.79. The van der Waals surface area contributed by atoms with E-state index < -0.39 is 0 Å². The van der Waals surface area contributed by atoms with Crippen molar-refractivity contribution in [2.75, 3.05) is 19.8 Å². The predicted octanol–water partition coefficient (Wildman–Crippen LogP) is 3.76. The lowest BCUT2D eigenvalue weighted by Gasteiger charge is -2.12. The summed E-state index contributed by atoms with van der Waals surface area (Å²) in [5.74, 6) is 1.70. The average molecular weight is 265 g/mol. The molecule has 0 bridgehead atoms. The molecule has 0 aliphatic carbocycles. The van der Waals surface area contributed by atoms with Crippen molar-refractivity contribution in [3.63, 3.8) is 0 Å². The first-order valence-electron chi connectivity index (χ1n) is 7.43. The van der Waals surface area contributed by atoms with Gasteiger partial charge < -0.3 is 15.2 Å². The Morgan fingerprint density at radius 2 is 1.42 bits per heavy atom. The van der Waals surface area contributed by atoms with Gasteiger partial charge in [-0.05, 0) is 37.9 Å². The number of hydrogen-bond donors (Lipinski definition) is 1. The molecule has 19 heavy (non-hydrogen) atoms. The second-order valence-corrected chi connectivity index (χ2v) is 4.70. The smallest absolute Gasteiger partial charge is 0.161 e. The molecule has 3 heteroatoms. The van der Waals surface area contributed by atoms with E-state index in [2.05, 4.69) is 6.92 Å². The highest BCUT2D eigenvalue weighted by Gasteiger charge is 2.03. The standard InChI is InChI=1S/C16H27NO2/c1-2-3-4-8-13-18-15-10-5-6-11-16(15)19-14-9-7-12-17/h5-6,10-11H,2-4,7-9,12-14,17H2,1H3. The third kappa shape index (κ3) is 7.06. The van der Waals surface area contributed by atoms with Gasteiger partial charge in [-0.25, -0.2) is 0 Å². The van der Waals surface area contributed by atoms with Crippen LogP contribution < -0.4 is 15.2 Å². The summed E-state index contributed by atoms with van der Waals surface area (Å²) in [6.07, 6.45) is 6.86. The number of rotatable bonds is 11. The van der Waals surface area contributed by atoms with Crippen LogP contribution in [0.25, 0.3) is 0 Å². The van der Waals surface area contributed by atoms with Crippen LogP contribution in [0.3, 0.4) is 0 Å². The van der Waals surface area contributed by atoms with Crippen molar-refractivity contribution in [3.8, 4) is 11.5 Å². The normalized spacial score (nSPS) is 10.4. The van der Waals surface area contributed by atoms with E-state index in [0.717, 1.165) is 43.9 Å². The number of benzene rings is 1. The number of nitrogens with two attached hydrogens (primary N) is 1.